The first-order chi connectivity index (χ1) is 8.56. The Kier molecular flexibility index (Phi) is 3.82. The zero-order chi connectivity index (χ0) is 13.1. The molecule has 0 saturated heterocycles. The molecule has 0 bridgehead atoms. The molecule has 1 aromatic heterocycles. The number of pyridine rings is 1. The SMILES string of the molecule is Cc1cc2cc(CCNC(C)C)ccc2[nH]c1=O. The molecule has 0 unspecified atom stereocenters. The molecule has 18 heavy (non-hydrogen) atoms. The van der Waals surface area contributed by atoms with Gasteiger partial charge in [-0.05, 0) is 49.0 Å². The Morgan fingerprint density at radius 1 is 1.28 bits per heavy atom. The standard InChI is InChI=1S/C15H20N2O/c1-10(2)16-7-6-12-4-5-14-13(9-12)8-11(3)15(18)17-14/h4-5,8-10,16H,6-7H2,1-3H3,(H,17,18). The first kappa shape index (κ1) is 12.8. The van der Waals surface area contributed by atoms with Crippen molar-refractivity contribution in [3.63, 3.8) is 0 Å². The highest BCUT2D eigenvalue weighted by atomic mass is 16.1. The van der Waals surface area contributed by atoms with Crippen LogP contribution >= 0.6 is 0 Å². The second-order valence-corrected chi connectivity index (χ2v) is 5.06. The molecule has 0 aliphatic carbocycles. The fourth-order valence-electron chi connectivity index (χ4n) is 2.03. The van der Waals surface area contributed by atoms with Gasteiger partial charge in [0.05, 0.1) is 0 Å². The Bertz CT molecular complexity index is 599. The summed E-state index contributed by atoms with van der Waals surface area (Å²) in [6.45, 7) is 7.11. The summed E-state index contributed by atoms with van der Waals surface area (Å²) in [7, 11) is 0. The van der Waals surface area contributed by atoms with Gasteiger partial charge in [-0.15, -0.1) is 0 Å². The summed E-state index contributed by atoms with van der Waals surface area (Å²) in [6.07, 6.45) is 1.01. The summed E-state index contributed by atoms with van der Waals surface area (Å²) in [5, 5.41) is 4.51. The second-order valence-electron chi connectivity index (χ2n) is 5.06. The van der Waals surface area contributed by atoms with Gasteiger partial charge in [0.1, 0.15) is 0 Å². The minimum absolute atomic E-state index is 0.00303. The normalized spacial score (nSPS) is 11.3. The van der Waals surface area contributed by atoms with Crippen molar-refractivity contribution in [2.24, 2.45) is 0 Å². The maximum atomic E-state index is 11.5. The molecule has 0 aliphatic heterocycles. The molecule has 96 valence electrons. The molecule has 0 fully saturated rings. The van der Waals surface area contributed by atoms with Crippen LogP contribution in [0.15, 0.2) is 29.1 Å². The van der Waals surface area contributed by atoms with Gasteiger partial charge in [0.25, 0.3) is 5.56 Å². The van der Waals surface area contributed by atoms with Gasteiger partial charge in [0.15, 0.2) is 0 Å². The van der Waals surface area contributed by atoms with Gasteiger partial charge in [0.2, 0.25) is 0 Å². The number of aromatic amines is 1. The number of hydrogen-bond acceptors (Lipinski definition) is 2. The summed E-state index contributed by atoms with van der Waals surface area (Å²) >= 11 is 0. The predicted molar refractivity (Wildman–Crippen MR) is 76.1 cm³/mol. The largest absolute Gasteiger partial charge is 0.322 e. The molecule has 3 heteroatoms. The first-order valence-corrected chi connectivity index (χ1v) is 6.42. The van der Waals surface area contributed by atoms with Gasteiger partial charge in [-0.2, -0.15) is 0 Å². The van der Waals surface area contributed by atoms with E-state index in [0.717, 1.165) is 29.4 Å². The fourth-order valence-corrected chi connectivity index (χ4v) is 2.03. The smallest absolute Gasteiger partial charge is 0.251 e. The molecule has 1 aromatic carbocycles. The average Bonchev–Trinajstić information content (AvgIpc) is 2.30. The number of hydrogen-bond donors (Lipinski definition) is 2. The zero-order valence-electron chi connectivity index (χ0n) is 11.2. The third-order valence-corrected chi connectivity index (χ3v) is 3.06. The number of nitrogens with one attached hydrogen (secondary N) is 2. The van der Waals surface area contributed by atoms with Gasteiger partial charge in [-0.1, -0.05) is 19.9 Å². The van der Waals surface area contributed by atoms with Gasteiger partial charge in [0, 0.05) is 17.1 Å². The highest BCUT2D eigenvalue weighted by Crippen LogP contribution is 2.13. The second kappa shape index (κ2) is 5.36. The van der Waals surface area contributed by atoms with Crippen molar-refractivity contribution < 1.29 is 0 Å². The Morgan fingerprint density at radius 3 is 2.78 bits per heavy atom. The molecule has 0 atom stereocenters. The van der Waals surface area contributed by atoms with Crippen molar-refractivity contribution in [1.29, 1.82) is 0 Å². The molecular formula is C15H20N2O. The highest BCUT2D eigenvalue weighted by molar-refractivity contribution is 5.79. The Labute approximate surface area is 107 Å². The number of fused-ring (bicyclic) bond motifs is 1. The van der Waals surface area contributed by atoms with Gasteiger partial charge in [-0.3, -0.25) is 4.79 Å². The van der Waals surface area contributed by atoms with Crippen LogP contribution in [0.5, 0.6) is 0 Å². The lowest BCUT2D eigenvalue weighted by Gasteiger charge is -2.08. The molecule has 2 rings (SSSR count). The van der Waals surface area contributed by atoms with Crippen LogP contribution < -0.4 is 10.9 Å². The van der Waals surface area contributed by atoms with Crippen molar-refractivity contribution in [3.8, 4) is 0 Å². The maximum absolute atomic E-state index is 11.5. The van der Waals surface area contributed by atoms with Crippen LogP contribution in [0.25, 0.3) is 10.9 Å². The zero-order valence-corrected chi connectivity index (χ0v) is 11.2. The van der Waals surface area contributed by atoms with Crippen LogP contribution in [0, 0.1) is 6.92 Å². The van der Waals surface area contributed by atoms with Crippen molar-refractivity contribution >= 4 is 10.9 Å². The van der Waals surface area contributed by atoms with Crippen molar-refractivity contribution in [2.45, 2.75) is 33.2 Å². The van der Waals surface area contributed by atoms with Crippen LogP contribution in [0.4, 0.5) is 0 Å². The molecule has 1 heterocycles. The van der Waals surface area contributed by atoms with Crippen LogP contribution in [0.3, 0.4) is 0 Å². The maximum Gasteiger partial charge on any atom is 0.251 e. The van der Waals surface area contributed by atoms with E-state index in [1.165, 1.54) is 5.56 Å². The number of H-pyrrole nitrogens is 1. The third-order valence-electron chi connectivity index (χ3n) is 3.06. The van der Waals surface area contributed by atoms with Crippen LogP contribution in [0.2, 0.25) is 0 Å². The lowest BCUT2D eigenvalue weighted by Crippen LogP contribution is -2.24. The Morgan fingerprint density at radius 2 is 2.06 bits per heavy atom. The van der Waals surface area contributed by atoms with E-state index >= 15 is 0 Å². The number of benzene rings is 1. The molecule has 2 aromatic rings. The Balaban J connectivity index is 2.22. The molecule has 0 aliphatic rings. The van der Waals surface area contributed by atoms with E-state index in [9.17, 15) is 4.79 Å². The van der Waals surface area contributed by atoms with Crippen molar-refractivity contribution in [3.05, 3.63) is 45.7 Å². The van der Waals surface area contributed by atoms with Crippen molar-refractivity contribution in [2.75, 3.05) is 6.54 Å². The number of rotatable bonds is 4. The van der Waals surface area contributed by atoms with Crippen molar-refractivity contribution in [1.82, 2.24) is 10.3 Å². The quantitative estimate of drug-likeness (QED) is 0.867. The van der Waals surface area contributed by atoms with E-state index in [2.05, 4.69) is 36.3 Å². The first-order valence-electron chi connectivity index (χ1n) is 6.42. The third kappa shape index (κ3) is 2.99. The molecule has 0 radical (unpaired) electrons. The minimum Gasteiger partial charge on any atom is -0.322 e. The van der Waals surface area contributed by atoms with Gasteiger partial charge >= 0.3 is 0 Å². The van der Waals surface area contributed by atoms with E-state index < -0.39 is 0 Å². The topological polar surface area (TPSA) is 44.9 Å². The number of aromatic nitrogens is 1. The Hall–Kier alpha value is -1.61. The van der Waals surface area contributed by atoms with Crippen LogP contribution in [0.1, 0.15) is 25.0 Å². The molecule has 2 N–H and O–H groups in total. The van der Waals surface area contributed by atoms with E-state index in [1.807, 2.05) is 19.1 Å². The molecular weight excluding hydrogens is 224 g/mol. The van der Waals surface area contributed by atoms with E-state index in [4.69, 9.17) is 0 Å². The molecule has 0 amide bonds. The van der Waals surface area contributed by atoms with Gasteiger partial charge < -0.3 is 10.3 Å². The summed E-state index contributed by atoms with van der Waals surface area (Å²) < 4.78 is 0. The number of aryl methyl sites for hydroxylation is 1. The van der Waals surface area contributed by atoms with E-state index in [0.29, 0.717) is 6.04 Å². The highest BCUT2D eigenvalue weighted by Gasteiger charge is 2.01. The van der Waals surface area contributed by atoms with Gasteiger partial charge in [-0.25, -0.2) is 0 Å². The summed E-state index contributed by atoms with van der Waals surface area (Å²) in [5.74, 6) is 0. The lowest BCUT2D eigenvalue weighted by molar-refractivity contribution is 0.590. The minimum atomic E-state index is -0.00303. The summed E-state index contributed by atoms with van der Waals surface area (Å²) in [4.78, 5) is 14.4. The lowest BCUT2D eigenvalue weighted by atomic mass is 10.1. The average molecular weight is 244 g/mol. The molecule has 0 saturated carbocycles. The summed E-state index contributed by atoms with van der Waals surface area (Å²) in [5.41, 5.74) is 2.96. The predicted octanol–water partition coefficient (Wildman–Crippen LogP) is 2.38. The van der Waals surface area contributed by atoms with Crippen LogP contribution in [-0.2, 0) is 6.42 Å². The molecule has 0 spiro atoms. The summed E-state index contributed by atoms with van der Waals surface area (Å²) in [6, 6.07) is 8.69. The van der Waals surface area contributed by atoms with E-state index in [1.54, 1.807) is 0 Å². The monoisotopic (exact) mass is 244 g/mol. The molecule has 3 nitrogen and oxygen atoms in total. The fraction of sp³-hybridized carbons (Fsp3) is 0.400. The van der Waals surface area contributed by atoms with E-state index in [-0.39, 0.29) is 5.56 Å². The van der Waals surface area contributed by atoms with Crippen LogP contribution in [-0.4, -0.2) is 17.6 Å².